The highest BCUT2D eigenvalue weighted by Gasteiger charge is 2.23. The Morgan fingerprint density at radius 2 is 1.78 bits per heavy atom. The lowest BCUT2D eigenvalue weighted by molar-refractivity contribution is -0.121. The number of carbonyl (C=O) groups excluding carboxylic acids is 1. The lowest BCUT2D eigenvalue weighted by Crippen LogP contribution is -2.46. The van der Waals surface area contributed by atoms with E-state index < -0.39 is 0 Å². The van der Waals surface area contributed by atoms with Gasteiger partial charge in [0.05, 0.1) is 19.3 Å². The van der Waals surface area contributed by atoms with Crippen molar-refractivity contribution in [1.29, 1.82) is 0 Å². The third-order valence-corrected chi connectivity index (χ3v) is 5.40. The lowest BCUT2D eigenvalue weighted by atomic mass is 10.0. The van der Waals surface area contributed by atoms with Crippen LogP contribution < -0.4 is 16.0 Å². The van der Waals surface area contributed by atoms with Gasteiger partial charge in [-0.05, 0) is 23.3 Å². The van der Waals surface area contributed by atoms with Gasteiger partial charge in [-0.1, -0.05) is 42.5 Å². The van der Waals surface area contributed by atoms with Gasteiger partial charge in [-0.2, -0.15) is 0 Å². The van der Waals surface area contributed by atoms with Gasteiger partial charge in [-0.25, -0.2) is 4.39 Å². The second kappa shape index (κ2) is 12.8. The Balaban J connectivity index is 1.46. The van der Waals surface area contributed by atoms with Crippen molar-refractivity contribution in [3.63, 3.8) is 0 Å². The van der Waals surface area contributed by atoms with Gasteiger partial charge >= 0.3 is 0 Å². The van der Waals surface area contributed by atoms with Crippen LogP contribution in [-0.2, 0) is 16.1 Å². The number of guanidine groups is 1. The van der Waals surface area contributed by atoms with Crippen LogP contribution in [0.5, 0.6) is 0 Å². The average Bonchev–Trinajstić information content (AvgIpc) is 2.84. The smallest absolute Gasteiger partial charge is 0.222 e. The monoisotopic (exact) mass is 441 g/mol. The summed E-state index contributed by atoms with van der Waals surface area (Å²) in [5.41, 5.74) is 2.11. The van der Waals surface area contributed by atoms with Crippen LogP contribution in [0.2, 0.25) is 0 Å². The second-order valence-corrected chi connectivity index (χ2v) is 7.61. The first-order valence-electron chi connectivity index (χ1n) is 11.0. The Kier molecular flexibility index (Phi) is 9.46. The molecule has 1 saturated heterocycles. The molecule has 1 unspecified atom stereocenters. The normalized spacial score (nSPS) is 15.8. The molecule has 0 spiro atoms. The molecule has 3 rings (SSSR count). The molecule has 2 aromatic carbocycles. The highest BCUT2D eigenvalue weighted by molar-refractivity contribution is 5.81. The Labute approximate surface area is 189 Å². The van der Waals surface area contributed by atoms with Gasteiger partial charge in [0, 0.05) is 46.2 Å². The van der Waals surface area contributed by atoms with E-state index in [0.717, 1.165) is 24.2 Å². The summed E-state index contributed by atoms with van der Waals surface area (Å²) in [6, 6.07) is 16.5. The molecule has 0 aliphatic carbocycles. The van der Waals surface area contributed by atoms with Crippen molar-refractivity contribution in [2.45, 2.75) is 19.0 Å². The summed E-state index contributed by atoms with van der Waals surface area (Å²) in [6.45, 7) is 4.59. The van der Waals surface area contributed by atoms with E-state index in [1.807, 2.05) is 42.5 Å². The van der Waals surface area contributed by atoms with Crippen molar-refractivity contribution in [2.24, 2.45) is 4.99 Å². The molecule has 1 atom stereocenters. The fourth-order valence-electron chi connectivity index (χ4n) is 3.63. The Morgan fingerprint density at radius 1 is 1.06 bits per heavy atom. The van der Waals surface area contributed by atoms with E-state index in [4.69, 9.17) is 4.74 Å². The van der Waals surface area contributed by atoms with E-state index in [1.54, 1.807) is 7.05 Å². The number of aliphatic imine (C=N–C) groups is 1. The first-order valence-corrected chi connectivity index (χ1v) is 11.0. The Hall–Kier alpha value is -2.97. The van der Waals surface area contributed by atoms with E-state index in [-0.39, 0.29) is 17.8 Å². The molecule has 32 heavy (non-hydrogen) atoms. The van der Waals surface area contributed by atoms with Crippen LogP contribution in [0.1, 0.15) is 23.6 Å². The van der Waals surface area contributed by atoms with Crippen LogP contribution in [0.15, 0.2) is 59.6 Å². The number of hydrogen-bond acceptors (Lipinski definition) is 4. The van der Waals surface area contributed by atoms with Gasteiger partial charge < -0.3 is 20.7 Å². The molecule has 1 aliphatic heterocycles. The van der Waals surface area contributed by atoms with Crippen molar-refractivity contribution in [1.82, 2.24) is 20.9 Å². The summed E-state index contributed by atoms with van der Waals surface area (Å²) >= 11 is 0. The molecule has 1 aliphatic rings. The zero-order chi connectivity index (χ0) is 22.6. The summed E-state index contributed by atoms with van der Waals surface area (Å²) in [5.74, 6) is 0.362. The minimum absolute atomic E-state index is 0.0192. The van der Waals surface area contributed by atoms with Gasteiger partial charge in [0.25, 0.3) is 0 Å². The van der Waals surface area contributed by atoms with E-state index in [0.29, 0.717) is 45.2 Å². The van der Waals surface area contributed by atoms with E-state index in [2.05, 4.69) is 25.8 Å². The van der Waals surface area contributed by atoms with Gasteiger partial charge in [0.1, 0.15) is 5.82 Å². The molecule has 0 radical (unpaired) electrons. The number of nitrogens with one attached hydrogen (secondary N) is 3. The molecule has 1 fully saturated rings. The molecule has 172 valence electrons. The van der Waals surface area contributed by atoms with E-state index >= 15 is 0 Å². The largest absolute Gasteiger partial charge is 0.379 e. The third-order valence-electron chi connectivity index (χ3n) is 5.40. The lowest BCUT2D eigenvalue weighted by Gasteiger charge is -2.35. The standard InChI is InChI=1S/C24H32FN5O2/c1-26-24(27-12-11-23(31)28-17-19-5-3-2-4-6-19)29-18-22(30-13-15-32-16-14-30)20-7-9-21(25)10-8-20/h2-10,22H,11-18H2,1H3,(H,28,31)(H2,26,27,29). The SMILES string of the molecule is CN=C(NCCC(=O)NCc1ccccc1)NCC(c1ccc(F)cc1)N1CCOCC1. The highest BCUT2D eigenvalue weighted by atomic mass is 19.1. The Bertz CT molecular complexity index is 854. The van der Waals surface area contributed by atoms with E-state index in [1.165, 1.54) is 12.1 Å². The third kappa shape index (κ3) is 7.62. The van der Waals surface area contributed by atoms with Crippen molar-refractivity contribution in [3.05, 3.63) is 71.5 Å². The Morgan fingerprint density at radius 3 is 2.47 bits per heavy atom. The zero-order valence-electron chi connectivity index (χ0n) is 18.5. The predicted molar refractivity (Wildman–Crippen MR) is 124 cm³/mol. The van der Waals surface area contributed by atoms with Crippen molar-refractivity contribution in [2.75, 3.05) is 46.4 Å². The number of hydrogen-bond donors (Lipinski definition) is 3. The first-order chi connectivity index (χ1) is 15.7. The minimum Gasteiger partial charge on any atom is -0.379 e. The maximum Gasteiger partial charge on any atom is 0.222 e. The van der Waals surface area contributed by atoms with Gasteiger partial charge in [0.15, 0.2) is 5.96 Å². The van der Waals surface area contributed by atoms with Crippen molar-refractivity contribution in [3.8, 4) is 0 Å². The summed E-state index contributed by atoms with van der Waals surface area (Å²) in [5, 5.41) is 9.46. The molecule has 2 aromatic rings. The van der Waals surface area contributed by atoms with Crippen LogP contribution in [0.25, 0.3) is 0 Å². The first kappa shape index (κ1) is 23.7. The second-order valence-electron chi connectivity index (χ2n) is 7.61. The van der Waals surface area contributed by atoms with Gasteiger partial charge in [-0.15, -0.1) is 0 Å². The number of nitrogens with zero attached hydrogens (tertiary/aromatic N) is 2. The van der Waals surface area contributed by atoms with Gasteiger partial charge in [0.2, 0.25) is 5.91 Å². The van der Waals surface area contributed by atoms with Gasteiger partial charge in [-0.3, -0.25) is 14.7 Å². The zero-order valence-corrected chi connectivity index (χ0v) is 18.5. The van der Waals surface area contributed by atoms with E-state index in [9.17, 15) is 9.18 Å². The molecular formula is C24H32FN5O2. The number of morpholine rings is 1. The molecule has 7 nitrogen and oxygen atoms in total. The minimum atomic E-state index is -0.245. The summed E-state index contributed by atoms with van der Waals surface area (Å²) in [4.78, 5) is 18.7. The van der Waals surface area contributed by atoms with Crippen LogP contribution in [0.3, 0.4) is 0 Å². The molecule has 1 heterocycles. The molecule has 1 amide bonds. The average molecular weight is 442 g/mol. The summed E-state index contributed by atoms with van der Waals surface area (Å²) < 4.78 is 18.9. The number of carbonyl (C=O) groups is 1. The number of ether oxygens (including phenoxy) is 1. The van der Waals surface area contributed by atoms with Crippen LogP contribution in [0, 0.1) is 5.82 Å². The maximum atomic E-state index is 13.4. The molecule has 8 heteroatoms. The van der Waals surface area contributed by atoms with Crippen molar-refractivity contribution < 1.29 is 13.9 Å². The maximum absolute atomic E-state index is 13.4. The summed E-state index contributed by atoms with van der Waals surface area (Å²) in [6.07, 6.45) is 0.346. The fourth-order valence-corrected chi connectivity index (χ4v) is 3.63. The van der Waals surface area contributed by atoms with Crippen molar-refractivity contribution >= 4 is 11.9 Å². The fraction of sp³-hybridized carbons (Fsp3) is 0.417. The quantitative estimate of drug-likeness (QED) is 0.410. The molecule has 3 N–H and O–H groups in total. The number of amides is 1. The molecule has 0 bridgehead atoms. The number of benzene rings is 2. The summed E-state index contributed by atoms with van der Waals surface area (Å²) in [7, 11) is 1.70. The topological polar surface area (TPSA) is 78.0 Å². The molecular weight excluding hydrogens is 409 g/mol. The molecule has 0 aromatic heterocycles. The van der Waals surface area contributed by atoms with Crippen LogP contribution in [-0.4, -0.2) is 63.2 Å². The number of halogens is 1. The van der Waals surface area contributed by atoms with Crippen LogP contribution in [0.4, 0.5) is 4.39 Å². The van der Waals surface area contributed by atoms with Crippen LogP contribution >= 0.6 is 0 Å². The number of rotatable bonds is 9. The molecule has 0 saturated carbocycles. The highest BCUT2D eigenvalue weighted by Crippen LogP contribution is 2.21. The predicted octanol–water partition coefficient (Wildman–Crippen LogP) is 2.07.